The number of pyridine rings is 1. The van der Waals surface area contributed by atoms with Crippen molar-refractivity contribution in [3.63, 3.8) is 0 Å². The molecule has 0 saturated heterocycles. The Morgan fingerprint density at radius 2 is 2.17 bits per heavy atom. The second-order valence-electron chi connectivity index (χ2n) is 3.56. The fraction of sp³-hybridized carbons (Fsp3) is 0.0769. The highest BCUT2D eigenvalue weighted by Gasteiger charge is 2.06. The fourth-order valence-corrected chi connectivity index (χ4v) is 1.53. The van der Waals surface area contributed by atoms with Gasteiger partial charge in [0.05, 0.1) is 12.7 Å². The Bertz CT molecular complexity index is 555. The van der Waals surface area contributed by atoms with Crippen LogP contribution in [-0.2, 0) is 0 Å². The molecular formula is C13H11ClN2O2. The molecule has 0 aliphatic carbocycles. The Balaban J connectivity index is 2.13. The molecule has 0 radical (unpaired) electrons. The van der Waals surface area contributed by atoms with E-state index >= 15 is 0 Å². The zero-order valence-corrected chi connectivity index (χ0v) is 10.4. The lowest BCUT2D eigenvalue weighted by Crippen LogP contribution is -2.12. The molecule has 0 saturated carbocycles. The van der Waals surface area contributed by atoms with Crippen LogP contribution in [0.2, 0.25) is 5.15 Å². The van der Waals surface area contributed by atoms with Crippen molar-refractivity contribution in [3.8, 4) is 5.75 Å². The summed E-state index contributed by atoms with van der Waals surface area (Å²) in [5.41, 5.74) is 1.11. The third-order valence-corrected chi connectivity index (χ3v) is 2.54. The van der Waals surface area contributed by atoms with E-state index in [4.69, 9.17) is 16.3 Å². The number of benzene rings is 1. The van der Waals surface area contributed by atoms with Gasteiger partial charge in [0.2, 0.25) is 0 Å². The van der Waals surface area contributed by atoms with Crippen LogP contribution in [0.3, 0.4) is 0 Å². The number of nitrogens with one attached hydrogen (secondary N) is 1. The Morgan fingerprint density at radius 3 is 2.83 bits per heavy atom. The number of anilines is 1. The summed E-state index contributed by atoms with van der Waals surface area (Å²) in [4.78, 5) is 15.7. The highest BCUT2D eigenvalue weighted by molar-refractivity contribution is 6.29. The van der Waals surface area contributed by atoms with Gasteiger partial charge in [-0.2, -0.15) is 0 Å². The lowest BCUT2D eigenvalue weighted by atomic mass is 10.2. The third-order valence-electron chi connectivity index (χ3n) is 2.32. The number of halogens is 1. The third kappa shape index (κ3) is 2.99. The number of methoxy groups -OCH3 is 1. The van der Waals surface area contributed by atoms with Gasteiger partial charge in [0.15, 0.2) is 0 Å². The molecule has 18 heavy (non-hydrogen) atoms. The van der Waals surface area contributed by atoms with Gasteiger partial charge in [-0.25, -0.2) is 4.98 Å². The maximum absolute atomic E-state index is 11.9. The van der Waals surface area contributed by atoms with Crippen LogP contribution < -0.4 is 10.1 Å². The summed E-state index contributed by atoms with van der Waals surface area (Å²) < 4.78 is 5.08. The van der Waals surface area contributed by atoms with Crippen LogP contribution in [0.5, 0.6) is 5.75 Å². The number of ether oxygens (including phenoxy) is 1. The summed E-state index contributed by atoms with van der Waals surface area (Å²) >= 11 is 5.66. The Labute approximate surface area is 110 Å². The lowest BCUT2D eigenvalue weighted by molar-refractivity contribution is 0.102. The number of rotatable bonds is 3. The molecule has 1 N–H and O–H groups in total. The number of nitrogens with zero attached hydrogens (tertiary/aromatic N) is 1. The van der Waals surface area contributed by atoms with Gasteiger partial charge in [0.25, 0.3) is 5.91 Å². The molecule has 0 spiro atoms. The van der Waals surface area contributed by atoms with Crippen molar-refractivity contribution in [2.75, 3.05) is 12.4 Å². The van der Waals surface area contributed by atoms with E-state index in [1.54, 1.807) is 43.5 Å². The second-order valence-corrected chi connectivity index (χ2v) is 3.94. The zero-order valence-electron chi connectivity index (χ0n) is 9.68. The minimum Gasteiger partial charge on any atom is -0.497 e. The molecule has 0 bridgehead atoms. The first-order chi connectivity index (χ1) is 8.69. The molecule has 0 unspecified atom stereocenters. The molecule has 1 aromatic heterocycles. The first kappa shape index (κ1) is 12.4. The molecule has 2 aromatic rings. The Morgan fingerprint density at radius 1 is 1.33 bits per heavy atom. The van der Waals surface area contributed by atoms with Gasteiger partial charge < -0.3 is 10.1 Å². The molecular weight excluding hydrogens is 252 g/mol. The van der Waals surface area contributed by atoms with Crippen molar-refractivity contribution in [2.45, 2.75) is 0 Å². The van der Waals surface area contributed by atoms with E-state index in [0.717, 1.165) is 0 Å². The van der Waals surface area contributed by atoms with E-state index < -0.39 is 0 Å². The van der Waals surface area contributed by atoms with Gasteiger partial charge in [-0.05, 0) is 24.3 Å². The SMILES string of the molecule is COc1cccc(NC(=O)c2ccc(Cl)nc2)c1. The van der Waals surface area contributed by atoms with Crippen LogP contribution in [-0.4, -0.2) is 18.0 Å². The monoisotopic (exact) mass is 262 g/mol. The zero-order chi connectivity index (χ0) is 13.0. The van der Waals surface area contributed by atoms with E-state index in [-0.39, 0.29) is 5.91 Å². The standard InChI is InChI=1S/C13H11ClN2O2/c1-18-11-4-2-3-10(7-11)16-13(17)9-5-6-12(14)15-8-9/h2-8H,1H3,(H,16,17). The lowest BCUT2D eigenvalue weighted by Gasteiger charge is -2.06. The average molecular weight is 263 g/mol. The minimum atomic E-state index is -0.243. The Kier molecular flexibility index (Phi) is 3.79. The van der Waals surface area contributed by atoms with Crippen molar-refractivity contribution in [1.82, 2.24) is 4.98 Å². The van der Waals surface area contributed by atoms with Crippen LogP contribution in [0.4, 0.5) is 5.69 Å². The molecule has 0 atom stereocenters. The summed E-state index contributed by atoms with van der Waals surface area (Å²) in [5, 5.41) is 3.10. The first-order valence-corrected chi connectivity index (χ1v) is 5.64. The summed E-state index contributed by atoms with van der Waals surface area (Å²) in [6, 6.07) is 10.3. The van der Waals surface area contributed by atoms with Crippen LogP contribution >= 0.6 is 11.6 Å². The molecule has 0 aliphatic heterocycles. The highest BCUT2D eigenvalue weighted by atomic mass is 35.5. The van der Waals surface area contributed by atoms with Crippen LogP contribution in [0.25, 0.3) is 0 Å². The topological polar surface area (TPSA) is 51.2 Å². The quantitative estimate of drug-likeness (QED) is 0.865. The molecule has 92 valence electrons. The number of hydrogen-bond donors (Lipinski definition) is 1. The van der Waals surface area contributed by atoms with E-state index in [0.29, 0.717) is 22.2 Å². The van der Waals surface area contributed by atoms with Crippen molar-refractivity contribution in [3.05, 3.63) is 53.3 Å². The van der Waals surface area contributed by atoms with Gasteiger partial charge in [0, 0.05) is 18.0 Å². The number of carbonyl (C=O) groups excluding carboxylic acids is 1. The van der Waals surface area contributed by atoms with Crippen molar-refractivity contribution in [2.24, 2.45) is 0 Å². The smallest absolute Gasteiger partial charge is 0.257 e. The van der Waals surface area contributed by atoms with Crippen LogP contribution in [0, 0.1) is 0 Å². The van der Waals surface area contributed by atoms with E-state index in [9.17, 15) is 4.79 Å². The van der Waals surface area contributed by atoms with E-state index in [2.05, 4.69) is 10.3 Å². The number of aromatic nitrogens is 1. The predicted molar refractivity (Wildman–Crippen MR) is 70.2 cm³/mol. The van der Waals surface area contributed by atoms with Gasteiger partial charge in [0.1, 0.15) is 10.9 Å². The summed E-state index contributed by atoms with van der Waals surface area (Å²) in [6.07, 6.45) is 1.43. The van der Waals surface area contributed by atoms with Crippen molar-refractivity contribution in [1.29, 1.82) is 0 Å². The maximum atomic E-state index is 11.9. The number of carbonyl (C=O) groups is 1. The van der Waals surface area contributed by atoms with Crippen LogP contribution in [0.15, 0.2) is 42.6 Å². The first-order valence-electron chi connectivity index (χ1n) is 5.26. The summed E-state index contributed by atoms with van der Waals surface area (Å²) in [5.74, 6) is 0.439. The van der Waals surface area contributed by atoms with E-state index in [1.807, 2.05) is 0 Å². The van der Waals surface area contributed by atoms with Crippen LogP contribution in [0.1, 0.15) is 10.4 Å². The van der Waals surface area contributed by atoms with Gasteiger partial charge in [-0.1, -0.05) is 17.7 Å². The fourth-order valence-electron chi connectivity index (χ4n) is 1.41. The molecule has 5 heteroatoms. The molecule has 4 nitrogen and oxygen atoms in total. The largest absolute Gasteiger partial charge is 0.497 e. The summed E-state index contributed by atoms with van der Waals surface area (Å²) in [7, 11) is 1.57. The second kappa shape index (κ2) is 5.51. The Hall–Kier alpha value is -2.07. The van der Waals surface area contributed by atoms with Crippen molar-refractivity contribution < 1.29 is 9.53 Å². The van der Waals surface area contributed by atoms with Crippen molar-refractivity contribution >= 4 is 23.2 Å². The molecule has 0 fully saturated rings. The highest BCUT2D eigenvalue weighted by Crippen LogP contribution is 2.17. The maximum Gasteiger partial charge on any atom is 0.257 e. The van der Waals surface area contributed by atoms with E-state index in [1.165, 1.54) is 6.20 Å². The summed E-state index contributed by atoms with van der Waals surface area (Å²) in [6.45, 7) is 0. The molecule has 2 rings (SSSR count). The minimum absolute atomic E-state index is 0.243. The molecule has 0 aliphatic rings. The molecule has 1 aromatic carbocycles. The molecule has 1 amide bonds. The molecule has 1 heterocycles. The predicted octanol–water partition coefficient (Wildman–Crippen LogP) is 3.00. The number of amides is 1. The normalized spacial score (nSPS) is 9.89. The average Bonchev–Trinajstić information content (AvgIpc) is 2.39. The van der Waals surface area contributed by atoms with Gasteiger partial charge >= 0.3 is 0 Å². The van der Waals surface area contributed by atoms with Gasteiger partial charge in [-0.3, -0.25) is 4.79 Å². The number of hydrogen-bond acceptors (Lipinski definition) is 3. The van der Waals surface area contributed by atoms with Gasteiger partial charge in [-0.15, -0.1) is 0 Å².